The Morgan fingerprint density at radius 1 is 1.50 bits per heavy atom. The van der Waals surface area contributed by atoms with Gasteiger partial charge in [-0.1, -0.05) is 25.1 Å². The molecule has 2 N–H and O–H groups in total. The molecule has 5 nitrogen and oxygen atoms in total. The smallest absolute Gasteiger partial charge is 0.272 e. The standard InChI is InChI=1S/C15H20N4O/c1-2-19-8-7-11(10-19)9-16-15(20)14-12-5-3-4-6-13(12)17-18-14/h3-6,11H,2,7-10H2,1H3,(H,16,20)(H,17,18). The van der Waals surface area contributed by atoms with E-state index in [2.05, 4.69) is 27.3 Å². The lowest BCUT2D eigenvalue weighted by atomic mass is 10.1. The van der Waals surface area contributed by atoms with Crippen LogP contribution in [0, 0.1) is 5.92 Å². The lowest BCUT2D eigenvalue weighted by molar-refractivity contribution is 0.0944. The number of aromatic amines is 1. The van der Waals surface area contributed by atoms with Crippen LogP contribution in [0.25, 0.3) is 10.9 Å². The number of H-pyrrole nitrogens is 1. The Balaban J connectivity index is 1.62. The van der Waals surface area contributed by atoms with Crippen LogP contribution in [0.3, 0.4) is 0 Å². The van der Waals surface area contributed by atoms with Gasteiger partial charge < -0.3 is 10.2 Å². The van der Waals surface area contributed by atoms with Crippen LogP contribution in [0.5, 0.6) is 0 Å². The van der Waals surface area contributed by atoms with Crippen LogP contribution < -0.4 is 5.32 Å². The molecule has 20 heavy (non-hydrogen) atoms. The third kappa shape index (κ3) is 2.54. The number of hydrogen-bond donors (Lipinski definition) is 2. The minimum absolute atomic E-state index is 0.0857. The predicted molar refractivity (Wildman–Crippen MR) is 78.6 cm³/mol. The number of nitrogens with one attached hydrogen (secondary N) is 2. The summed E-state index contributed by atoms with van der Waals surface area (Å²) in [5.74, 6) is 0.474. The largest absolute Gasteiger partial charge is 0.350 e. The van der Waals surface area contributed by atoms with Crippen molar-refractivity contribution in [2.45, 2.75) is 13.3 Å². The Hall–Kier alpha value is -1.88. The molecule has 2 aromatic rings. The van der Waals surface area contributed by atoms with Crippen LogP contribution >= 0.6 is 0 Å². The Labute approximate surface area is 118 Å². The zero-order valence-electron chi connectivity index (χ0n) is 11.7. The average molecular weight is 272 g/mol. The van der Waals surface area contributed by atoms with E-state index in [0.717, 1.165) is 43.5 Å². The van der Waals surface area contributed by atoms with Gasteiger partial charge in [-0.15, -0.1) is 0 Å². The molecule has 1 aromatic heterocycles. The number of hydrogen-bond acceptors (Lipinski definition) is 3. The quantitative estimate of drug-likeness (QED) is 0.889. The van der Waals surface area contributed by atoms with Crippen molar-refractivity contribution in [1.29, 1.82) is 0 Å². The summed E-state index contributed by atoms with van der Waals surface area (Å²) >= 11 is 0. The maximum absolute atomic E-state index is 12.2. The Morgan fingerprint density at radius 3 is 3.15 bits per heavy atom. The van der Waals surface area contributed by atoms with Gasteiger partial charge in [0.15, 0.2) is 5.69 Å². The van der Waals surface area contributed by atoms with E-state index in [1.165, 1.54) is 0 Å². The molecule has 1 aliphatic heterocycles. The molecule has 1 atom stereocenters. The highest BCUT2D eigenvalue weighted by molar-refractivity contribution is 6.04. The van der Waals surface area contributed by atoms with E-state index in [1.54, 1.807) is 0 Å². The molecule has 0 aliphatic carbocycles. The second-order valence-electron chi connectivity index (χ2n) is 5.38. The third-order valence-corrected chi connectivity index (χ3v) is 4.05. The molecule has 2 heterocycles. The molecule has 3 rings (SSSR count). The number of para-hydroxylation sites is 1. The zero-order chi connectivity index (χ0) is 13.9. The number of rotatable bonds is 4. The number of fused-ring (bicyclic) bond motifs is 1. The fraction of sp³-hybridized carbons (Fsp3) is 0.467. The van der Waals surface area contributed by atoms with Gasteiger partial charge in [-0.2, -0.15) is 5.10 Å². The fourth-order valence-corrected chi connectivity index (χ4v) is 2.82. The van der Waals surface area contributed by atoms with Crippen LogP contribution in [0.4, 0.5) is 0 Å². The second kappa shape index (κ2) is 5.63. The first kappa shape index (κ1) is 13.1. The van der Waals surface area contributed by atoms with E-state index in [9.17, 15) is 4.79 Å². The number of nitrogens with zero attached hydrogens (tertiary/aromatic N) is 2. The highest BCUT2D eigenvalue weighted by Crippen LogP contribution is 2.17. The lowest BCUT2D eigenvalue weighted by Crippen LogP contribution is -2.31. The van der Waals surface area contributed by atoms with Gasteiger partial charge >= 0.3 is 0 Å². The van der Waals surface area contributed by atoms with Gasteiger partial charge in [0.25, 0.3) is 5.91 Å². The monoisotopic (exact) mass is 272 g/mol. The second-order valence-corrected chi connectivity index (χ2v) is 5.38. The first-order chi connectivity index (χ1) is 9.78. The van der Waals surface area contributed by atoms with Crippen LogP contribution in [-0.2, 0) is 0 Å². The van der Waals surface area contributed by atoms with Gasteiger partial charge in [0, 0.05) is 18.5 Å². The van der Waals surface area contributed by atoms with E-state index in [4.69, 9.17) is 0 Å². The van der Waals surface area contributed by atoms with Gasteiger partial charge in [-0.3, -0.25) is 9.89 Å². The van der Waals surface area contributed by atoms with Crippen molar-refractivity contribution in [2.24, 2.45) is 5.92 Å². The number of likely N-dealkylation sites (tertiary alicyclic amines) is 1. The van der Waals surface area contributed by atoms with Crippen molar-refractivity contribution in [3.8, 4) is 0 Å². The van der Waals surface area contributed by atoms with Gasteiger partial charge in [-0.05, 0) is 31.5 Å². The highest BCUT2D eigenvalue weighted by Gasteiger charge is 2.22. The maximum Gasteiger partial charge on any atom is 0.272 e. The molecule has 0 saturated carbocycles. The van der Waals surface area contributed by atoms with Crippen molar-refractivity contribution >= 4 is 16.8 Å². The molecule has 1 aromatic carbocycles. The fourth-order valence-electron chi connectivity index (χ4n) is 2.82. The van der Waals surface area contributed by atoms with Crippen molar-refractivity contribution in [2.75, 3.05) is 26.2 Å². The van der Waals surface area contributed by atoms with Crippen LogP contribution in [-0.4, -0.2) is 47.2 Å². The summed E-state index contributed by atoms with van der Waals surface area (Å²) in [6, 6.07) is 7.70. The predicted octanol–water partition coefficient (Wildman–Crippen LogP) is 1.63. The lowest BCUT2D eigenvalue weighted by Gasteiger charge is -2.13. The molecular weight excluding hydrogens is 252 g/mol. The number of carbonyl (C=O) groups excluding carboxylic acids is 1. The molecular formula is C15H20N4O. The van der Waals surface area contributed by atoms with E-state index >= 15 is 0 Å². The minimum Gasteiger partial charge on any atom is -0.350 e. The van der Waals surface area contributed by atoms with E-state index in [1.807, 2.05) is 24.3 Å². The first-order valence-electron chi connectivity index (χ1n) is 7.21. The van der Waals surface area contributed by atoms with Crippen molar-refractivity contribution in [1.82, 2.24) is 20.4 Å². The van der Waals surface area contributed by atoms with E-state index in [-0.39, 0.29) is 5.91 Å². The van der Waals surface area contributed by atoms with Crippen molar-refractivity contribution < 1.29 is 4.79 Å². The van der Waals surface area contributed by atoms with E-state index < -0.39 is 0 Å². The molecule has 0 radical (unpaired) electrons. The number of aromatic nitrogens is 2. The maximum atomic E-state index is 12.2. The summed E-state index contributed by atoms with van der Waals surface area (Å²) in [5.41, 5.74) is 1.39. The number of carbonyl (C=O) groups is 1. The summed E-state index contributed by atoms with van der Waals surface area (Å²) in [7, 11) is 0. The molecule has 1 fully saturated rings. The van der Waals surface area contributed by atoms with Crippen molar-refractivity contribution in [3.63, 3.8) is 0 Å². The molecule has 1 unspecified atom stereocenters. The number of benzene rings is 1. The molecule has 0 spiro atoms. The molecule has 106 valence electrons. The Bertz CT molecular complexity index is 607. The topological polar surface area (TPSA) is 61.0 Å². The SMILES string of the molecule is CCN1CCC(CNC(=O)c2n[nH]c3ccccc23)C1. The van der Waals surface area contributed by atoms with Crippen LogP contribution in [0.2, 0.25) is 0 Å². The van der Waals surface area contributed by atoms with Crippen LogP contribution in [0.15, 0.2) is 24.3 Å². The van der Waals surface area contributed by atoms with Crippen molar-refractivity contribution in [3.05, 3.63) is 30.0 Å². The van der Waals surface area contributed by atoms with Gasteiger partial charge in [0.1, 0.15) is 0 Å². The van der Waals surface area contributed by atoms with Gasteiger partial charge in [-0.25, -0.2) is 0 Å². The third-order valence-electron chi connectivity index (χ3n) is 4.05. The molecule has 0 bridgehead atoms. The Kier molecular flexibility index (Phi) is 3.69. The molecule has 1 saturated heterocycles. The summed E-state index contributed by atoms with van der Waals surface area (Å²) in [6.07, 6.45) is 1.16. The summed E-state index contributed by atoms with van der Waals surface area (Å²) in [6.45, 7) is 6.22. The normalized spacial score (nSPS) is 19.6. The molecule has 1 aliphatic rings. The van der Waals surface area contributed by atoms with Crippen LogP contribution in [0.1, 0.15) is 23.8 Å². The zero-order valence-corrected chi connectivity index (χ0v) is 11.7. The Morgan fingerprint density at radius 2 is 2.35 bits per heavy atom. The van der Waals surface area contributed by atoms with Gasteiger partial charge in [0.05, 0.1) is 5.52 Å². The molecule has 1 amide bonds. The molecule has 5 heteroatoms. The van der Waals surface area contributed by atoms with E-state index in [0.29, 0.717) is 11.6 Å². The summed E-state index contributed by atoms with van der Waals surface area (Å²) in [4.78, 5) is 14.6. The summed E-state index contributed by atoms with van der Waals surface area (Å²) in [5, 5.41) is 10.9. The minimum atomic E-state index is -0.0857. The number of amides is 1. The van der Waals surface area contributed by atoms with Gasteiger partial charge in [0.2, 0.25) is 0 Å². The highest BCUT2D eigenvalue weighted by atomic mass is 16.1. The average Bonchev–Trinajstić information content (AvgIpc) is 3.11. The summed E-state index contributed by atoms with van der Waals surface area (Å²) < 4.78 is 0. The first-order valence-corrected chi connectivity index (χ1v) is 7.21.